The first-order valence-corrected chi connectivity index (χ1v) is 8.46. The number of fused-ring (bicyclic) bond motifs is 1. The molecule has 2 fully saturated rings. The van der Waals surface area contributed by atoms with E-state index in [0.717, 1.165) is 12.0 Å². The highest BCUT2D eigenvalue weighted by atomic mass is 16.5. The second-order valence-corrected chi connectivity index (χ2v) is 6.48. The van der Waals surface area contributed by atoms with Crippen molar-refractivity contribution < 1.29 is 14.3 Å². The zero-order chi connectivity index (χ0) is 16.2. The third-order valence-electron chi connectivity index (χ3n) is 5.12. The van der Waals surface area contributed by atoms with Crippen molar-refractivity contribution in [2.45, 2.75) is 50.7 Å². The Balaban J connectivity index is 1.59. The molecule has 2 N–H and O–H groups in total. The van der Waals surface area contributed by atoms with Gasteiger partial charge in [0.2, 0.25) is 5.91 Å². The van der Waals surface area contributed by atoms with Gasteiger partial charge in [-0.15, -0.1) is 0 Å². The number of hydrogen-bond donors (Lipinski definition) is 2. The van der Waals surface area contributed by atoms with Crippen LogP contribution in [-0.4, -0.2) is 32.2 Å². The zero-order valence-electron chi connectivity index (χ0n) is 13.9. The van der Waals surface area contributed by atoms with Crippen molar-refractivity contribution in [1.82, 2.24) is 10.6 Å². The number of methoxy groups -OCH3 is 2. The molecule has 1 saturated carbocycles. The Hall–Kier alpha value is -1.75. The predicted molar refractivity (Wildman–Crippen MR) is 88.7 cm³/mol. The predicted octanol–water partition coefficient (Wildman–Crippen LogP) is 2.24. The van der Waals surface area contributed by atoms with Gasteiger partial charge in [0, 0.05) is 18.2 Å². The van der Waals surface area contributed by atoms with E-state index in [0.29, 0.717) is 30.0 Å². The van der Waals surface area contributed by atoms with E-state index in [1.165, 1.54) is 25.7 Å². The van der Waals surface area contributed by atoms with Crippen LogP contribution >= 0.6 is 0 Å². The van der Waals surface area contributed by atoms with E-state index < -0.39 is 0 Å². The van der Waals surface area contributed by atoms with Crippen LogP contribution in [0.5, 0.6) is 11.5 Å². The molecule has 3 unspecified atom stereocenters. The van der Waals surface area contributed by atoms with Crippen LogP contribution < -0.4 is 20.1 Å². The highest BCUT2D eigenvalue weighted by Gasteiger charge is 2.38. The van der Waals surface area contributed by atoms with Crippen LogP contribution in [0.25, 0.3) is 0 Å². The number of carbonyl (C=O) groups is 1. The minimum Gasteiger partial charge on any atom is -0.493 e. The number of rotatable bonds is 5. The quantitative estimate of drug-likeness (QED) is 0.874. The molecule has 126 valence electrons. The molecule has 23 heavy (non-hydrogen) atoms. The molecule has 0 aromatic heterocycles. The minimum absolute atomic E-state index is 0.0558. The summed E-state index contributed by atoms with van der Waals surface area (Å²) in [6.07, 6.45) is 6.01. The van der Waals surface area contributed by atoms with E-state index in [1.54, 1.807) is 14.2 Å². The molecule has 3 atom stereocenters. The number of hydrogen-bond acceptors (Lipinski definition) is 4. The smallest absolute Gasteiger partial charge is 0.237 e. The van der Waals surface area contributed by atoms with Crippen LogP contribution in [0.15, 0.2) is 18.2 Å². The van der Waals surface area contributed by atoms with E-state index in [1.807, 2.05) is 18.2 Å². The van der Waals surface area contributed by atoms with Crippen molar-refractivity contribution >= 4 is 5.91 Å². The molecule has 1 aromatic carbocycles. The van der Waals surface area contributed by atoms with E-state index in [2.05, 4.69) is 10.6 Å². The lowest BCUT2D eigenvalue weighted by Gasteiger charge is -2.24. The van der Waals surface area contributed by atoms with Gasteiger partial charge in [-0.05, 0) is 31.2 Å². The summed E-state index contributed by atoms with van der Waals surface area (Å²) in [5.41, 5.74) is 0.926. The highest BCUT2D eigenvalue weighted by Crippen LogP contribution is 2.33. The Morgan fingerprint density at radius 3 is 2.83 bits per heavy atom. The van der Waals surface area contributed by atoms with Crippen molar-refractivity contribution in [3.8, 4) is 11.5 Å². The lowest BCUT2D eigenvalue weighted by molar-refractivity contribution is -0.123. The lowest BCUT2D eigenvalue weighted by Crippen LogP contribution is -2.42. The maximum atomic E-state index is 12.5. The van der Waals surface area contributed by atoms with Crippen LogP contribution in [0.1, 0.15) is 37.7 Å². The molecule has 3 rings (SSSR count). The fourth-order valence-corrected chi connectivity index (χ4v) is 3.92. The average molecular weight is 318 g/mol. The molecular formula is C18H26N2O3. The Bertz CT molecular complexity index is 547. The van der Waals surface area contributed by atoms with Crippen LogP contribution in [0.3, 0.4) is 0 Å². The van der Waals surface area contributed by atoms with Gasteiger partial charge in [0.25, 0.3) is 0 Å². The average Bonchev–Trinajstić information content (AvgIpc) is 3.03. The van der Waals surface area contributed by atoms with Gasteiger partial charge >= 0.3 is 0 Å². The molecule has 1 saturated heterocycles. The number of ether oxygens (including phenoxy) is 2. The van der Waals surface area contributed by atoms with Gasteiger partial charge < -0.3 is 20.1 Å². The first-order valence-electron chi connectivity index (χ1n) is 8.46. The molecule has 0 radical (unpaired) electrons. The van der Waals surface area contributed by atoms with E-state index >= 15 is 0 Å². The van der Waals surface area contributed by atoms with Gasteiger partial charge in [-0.2, -0.15) is 0 Å². The van der Waals surface area contributed by atoms with Crippen molar-refractivity contribution in [2.24, 2.45) is 5.92 Å². The first-order chi connectivity index (χ1) is 11.2. The van der Waals surface area contributed by atoms with Gasteiger partial charge in [0.15, 0.2) is 11.5 Å². The van der Waals surface area contributed by atoms with E-state index in [-0.39, 0.29) is 11.9 Å². The maximum Gasteiger partial charge on any atom is 0.237 e. The van der Waals surface area contributed by atoms with Crippen molar-refractivity contribution in [1.29, 1.82) is 0 Å². The van der Waals surface area contributed by atoms with Crippen LogP contribution in [0.4, 0.5) is 0 Å². The minimum atomic E-state index is -0.0558. The molecular weight excluding hydrogens is 292 g/mol. The molecule has 1 amide bonds. The number of nitrogens with one attached hydrogen (secondary N) is 2. The zero-order valence-corrected chi connectivity index (χ0v) is 13.9. The summed E-state index contributed by atoms with van der Waals surface area (Å²) < 4.78 is 10.7. The number of para-hydroxylation sites is 1. The Kier molecular flexibility index (Phi) is 5.06. The fourth-order valence-electron chi connectivity index (χ4n) is 3.92. The standard InChI is InChI=1S/C18H26N2O3/c1-22-16-9-5-7-13(17(16)23-2)11-19-18(21)15-10-12-6-3-4-8-14(12)20-15/h5,7,9,12,14-15,20H,3-4,6,8,10-11H2,1-2H3,(H,19,21). The maximum absolute atomic E-state index is 12.5. The molecule has 0 spiro atoms. The molecule has 1 aliphatic carbocycles. The largest absolute Gasteiger partial charge is 0.493 e. The summed E-state index contributed by atoms with van der Waals surface area (Å²) in [4.78, 5) is 12.5. The Morgan fingerprint density at radius 2 is 2.09 bits per heavy atom. The number of amides is 1. The van der Waals surface area contributed by atoms with Gasteiger partial charge in [-0.3, -0.25) is 4.79 Å². The molecule has 1 heterocycles. The molecule has 5 heteroatoms. The summed E-state index contributed by atoms with van der Waals surface area (Å²) in [5.74, 6) is 2.13. The van der Waals surface area contributed by atoms with Gasteiger partial charge in [0.1, 0.15) is 0 Å². The topological polar surface area (TPSA) is 59.6 Å². The first kappa shape index (κ1) is 16.1. The summed E-state index contributed by atoms with van der Waals surface area (Å²) in [5, 5.41) is 6.55. The van der Waals surface area contributed by atoms with Gasteiger partial charge in [-0.1, -0.05) is 25.0 Å². The fraction of sp³-hybridized carbons (Fsp3) is 0.611. The van der Waals surface area contributed by atoms with Crippen molar-refractivity contribution in [3.63, 3.8) is 0 Å². The van der Waals surface area contributed by atoms with Gasteiger partial charge in [0.05, 0.1) is 20.3 Å². The monoisotopic (exact) mass is 318 g/mol. The van der Waals surface area contributed by atoms with E-state index in [4.69, 9.17) is 9.47 Å². The Morgan fingerprint density at radius 1 is 1.26 bits per heavy atom. The Labute approximate surface area is 137 Å². The van der Waals surface area contributed by atoms with Gasteiger partial charge in [-0.25, -0.2) is 0 Å². The molecule has 1 aliphatic heterocycles. The third-order valence-corrected chi connectivity index (χ3v) is 5.12. The molecule has 2 aliphatic rings. The lowest BCUT2D eigenvalue weighted by atomic mass is 9.85. The van der Waals surface area contributed by atoms with Crippen LogP contribution in [-0.2, 0) is 11.3 Å². The molecule has 0 bridgehead atoms. The summed E-state index contributed by atoms with van der Waals surface area (Å²) in [6, 6.07) is 6.19. The number of carbonyl (C=O) groups excluding carboxylic acids is 1. The second kappa shape index (κ2) is 7.21. The molecule has 5 nitrogen and oxygen atoms in total. The van der Waals surface area contributed by atoms with E-state index in [9.17, 15) is 4.79 Å². The molecule has 1 aromatic rings. The van der Waals surface area contributed by atoms with Crippen LogP contribution in [0, 0.1) is 5.92 Å². The summed E-state index contributed by atoms with van der Waals surface area (Å²) in [7, 11) is 3.23. The highest BCUT2D eigenvalue weighted by molar-refractivity contribution is 5.82. The second-order valence-electron chi connectivity index (χ2n) is 6.48. The summed E-state index contributed by atoms with van der Waals surface area (Å²) in [6.45, 7) is 0.451. The SMILES string of the molecule is COc1cccc(CNC(=O)C2CC3CCCCC3N2)c1OC. The van der Waals surface area contributed by atoms with Crippen molar-refractivity contribution in [3.05, 3.63) is 23.8 Å². The number of benzene rings is 1. The normalized spacial score (nSPS) is 26.4. The third kappa shape index (κ3) is 3.44. The summed E-state index contributed by atoms with van der Waals surface area (Å²) >= 11 is 0. The van der Waals surface area contributed by atoms with Crippen LogP contribution in [0.2, 0.25) is 0 Å². The van der Waals surface area contributed by atoms with Crippen molar-refractivity contribution in [2.75, 3.05) is 14.2 Å².